The van der Waals surface area contributed by atoms with Crippen LogP contribution in [0.5, 0.6) is 5.75 Å². The lowest BCUT2D eigenvalue weighted by Gasteiger charge is -2.20. The van der Waals surface area contributed by atoms with Crippen LogP contribution in [0.25, 0.3) is 0 Å². The van der Waals surface area contributed by atoms with Gasteiger partial charge in [-0.1, -0.05) is 18.2 Å². The molecule has 0 saturated heterocycles. The van der Waals surface area contributed by atoms with Crippen molar-refractivity contribution in [3.63, 3.8) is 0 Å². The topological polar surface area (TPSA) is 84.0 Å². The third-order valence-electron chi connectivity index (χ3n) is 2.94. The number of ether oxygens (including phenoxy) is 2. The molecule has 1 rings (SSSR count). The molecule has 0 aliphatic carbocycles. The zero-order chi connectivity index (χ0) is 19.6. The van der Waals surface area contributed by atoms with Crippen LogP contribution in [0.3, 0.4) is 0 Å². The van der Waals surface area contributed by atoms with E-state index in [1.54, 1.807) is 46.0 Å². The molecule has 0 radical (unpaired) electrons. The van der Waals surface area contributed by atoms with Crippen LogP contribution in [0.4, 0.5) is 13.6 Å². The van der Waals surface area contributed by atoms with Gasteiger partial charge >= 0.3 is 12.7 Å². The molecule has 0 atom stereocenters. The van der Waals surface area contributed by atoms with Crippen LogP contribution in [-0.4, -0.2) is 44.4 Å². The average molecular weight is 500 g/mol. The van der Waals surface area contributed by atoms with Gasteiger partial charge in [-0.15, -0.1) is 24.0 Å². The molecular weight excluding hydrogens is 473 g/mol. The summed E-state index contributed by atoms with van der Waals surface area (Å²) in [6.45, 7) is 3.47. The fraction of sp³-hybridized carbons (Fsp3) is 0.529. The summed E-state index contributed by atoms with van der Waals surface area (Å²) in [5.41, 5.74) is 0.0191. The molecule has 27 heavy (non-hydrogen) atoms. The highest BCUT2D eigenvalue weighted by molar-refractivity contribution is 14.0. The zero-order valence-electron chi connectivity index (χ0n) is 15.8. The Labute approximate surface area is 175 Å². The summed E-state index contributed by atoms with van der Waals surface area (Å²) in [4.78, 5) is 15.6. The van der Waals surface area contributed by atoms with Crippen molar-refractivity contribution in [3.05, 3.63) is 29.8 Å². The number of hydrogen-bond acceptors (Lipinski definition) is 4. The van der Waals surface area contributed by atoms with Crippen molar-refractivity contribution in [2.75, 3.05) is 20.1 Å². The third-order valence-corrected chi connectivity index (χ3v) is 2.94. The van der Waals surface area contributed by atoms with Gasteiger partial charge in [-0.05, 0) is 26.8 Å². The van der Waals surface area contributed by atoms with E-state index in [2.05, 4.69) is 25.7 Å². The van der Waals surface area contributed by atoms with E-state index in [9.17, 15) is 13.6 Å². The van der Waals surface area contributed by atoms with Crippen molar-refractivity contribution >= 4 is 36.0 Å². The molecule has 10 heteroatoms. The van der Waals surface area contributed by atoms with E-state index in [0.29, 0.717) is 24.6 Å². The standard InChI is InChI=1S/C17H26F2N4O3.HI/c1-17(2,3)26-16(24)22-10-9-21-15(20-4)23-11-12-7-5-6-8-13(12)25-14(18)19;/h5-8,14H,9-11H2,1-4H3,(H,22,24)(H2,20,21,23);1H. The van der Waals surface area contributed by atoms with Crippen molar-refractivity contribution in [2.24, 2.45) is 4.99 Å². The Bertz CT molecular complexity index is 610. The molecule has 1 aromatic carbocycles. The molecular formula is C17H27F2IN4O3. The molecule has 0 spiro atoms. The maximum atomic E-state index is 12.4. The van der Waals surface area contributed by atoms with Crippen LogP contribution in [-0.2, 0) is 11.3 Å². The fourth-order valence-electron chi connectivity index (χ4n) is 1.92. The maximum absolute atomic E-state index is 12.4. The fourth-order valence-corrected chi connectivity index (χ4v) is 1.92. The second kappa shape index (κ2) is 12.5. The Balaban J connectivity index is 0.00000676. The summed E-state index contributed by atoms with van der Waals surface area (Å²) >= 11 is 0. The molecule has 0 saturated carbocycles. The highest BCUT2D eigenvalue weighted by Crippen LogP contribution is 2.19. The van der Waals surface area contributed by atoms with Gasteiger partial charge in [0.1, 0.15) is 11.4 Å². The van der Waals surface area contributed by atoms with E-state index >= 15 is 0 Å². The summed E-state index contributed by atoms with van der Waals surface area (Å²) < 4.78 is 34.4. The van der Waals surface area contributed by atoms with Gasteiger partial charge in [0.15, 0.2) is 5.96 Å². The Morgan fingerprint density at radius 3 is 2.37 bits per heavy atom. The summed E-state index contributed by atoms with van der Waals surface area (Å²) in [5, 5.41) is 8.61. The van der Waals surface area contributed by atoms with E-state index in [1.165, 1.54) is 6.07 Å². The minimum Gasteiger partial charge on any atom is -0.444 e. The quantitative estimate of drug-likeness (QED) is 0.232. The van der Waals surface area contributed by atoms with Crippen molar-refractivity contribution in [1.82, 2.24) is 16.0 Å². The number of alkyl halides is 2. The Morgan fingerprint density at radius 2 is 1.78 bits per heavy atom. The number of nitrogens with zero attached hydrogens (tertiary/aromatic N) is 1. The molecule has 0 aliphatic heterocycles. The van der Waals surface area contributed by atoms with E-state index in [-0.39, 0.29) is 36.3 Å². The Kier molecular flexibility index (Phi) is 11.7. The number of alkyl carbamates (subject to hydrolysis) is 1. The first-order chi connectivity index (χ1) is 12.2. The minimum absolute atomic E-state index is 0. The first-order valence-corrected chi connectivity index (χ1v) is 8.15. The molecule has 1 aromatic rings. The highest BCUT2D eigenvalue weighted by atomic mass is 127. The summed E-state index contributed by atoms with van der Waals surface area (Å²) in [6.07, 6.45) is -0.500. The number of hydrogen-bond donors (Lipinski definition) is 3. The highest BCUT2D eigenvalue weighted by Gasteiger charge is 2.15. The first-order valence-electron chi connectivity index (χ1n) is 8.15. The zero-order valence-corrected chi connectivity index (χ0v) is 18.2. The van der Waals surface area contributed by atoms with Crippen molar-refractivity contribution in [3.8, 4) is 5.75 Å². The van der Waals surface area contributed by atoms with Gasteiger partial charge in [0.05, 0.1) is 0 Å². The van der Waals surface area contributed by atoms with Gasteiger partial charge in [0.2, 0.25) is 0 Å². The lowest BCUT2D eigenvalue weighted by atomic mass is 10.2. The smallest absolute Gasteiger partial charge is 0.407 e. The largest absolute Gasteiger partial charge is 0.444 e. The van der Waals surface area contributed by atoms with Crippen molar-refractivity contribution < 1.29 is 23.0 Å². The van der Waals surface area contributed by atoms with Crippen LogP contribution in [0.2, 0.25) is 0 Å². The van der Waals surface area contributed by atoms with Crippen molar-refractivity contribution in [2.45, 2.75) is 39.5 Å². The Morgan fingerprint density at radius 1 is 1.15 bits per heavy atom. The van der Waals surface area contributed by atoms with E-state index < -0.39 is 18.3 Å². The molecule has 0 bridgehead atoms. The summed E-state index contributed by atoms with van der Waals surface area (Å²) in [7, 11) is 1.58. The number of amides is 1. The number of guanidine groups is 1. The molecule has 0 aliphatic rings. The summed E-state index contributed by atoms with van der Waals surface area (Å²) in [5.74, 6) is 0.569. The van der Waals surface area contributed by atoms with E-state index in [4.69, 9.17) is 4.74 Å². The van der Waals surface area contributed by atoms with Gasteiger partial charge in [-0.2, -0.15) is 8.78 Å². The third kappa shape index (κ3) is 11.5. The number of halogens is 3. The number of rotatable bonds is 7. The SMILES string of the molecule is CN=C(NCCNC(=O)OC(C)(C)C)NCc1ccccc1OC(F)F.I. The molecule has 0 unspecified atom stereocenters. The maximum Gasteiger partial charge on any atom is 0.407 e. The van der Waals surface area contributed by atoms with Crippen LogP contribution in [0, 0.1) is 0 Å². The molecule has 0 fully saturated rings. The van der Waals surface area contributed by atoms with Crippen LogP contribution in [0.1, 0.15) is 26.3 Å². The van der Waals surface area contributed by atoms with Crippen molar-refractivity contribution in [1.29, 1.82) is 0 Å². The normalized spacial score (nSPS) is 11.4. The molecule has 154 valence electrons. The van der Waals surface area contributed by atoms with Gasteiger partial charge < -0.3 is 25.4 Å². The van der Waals surface area contributed by atoms with Gasteiger partial charge in [-0.25, -0.2) is 4.79 Å². The van der Waals surface area contributed by atoms with Gasteiger partial charge in [0, 0.05) is 32.2 Å². The van der Waals surface area contributed by atoms with Crippen LogP contribution >= 0.6 is 24.0 Å². The number of nitrogens with one attached hydrogen (secondary N) is 3. The summed E-state index contributed by atoms with van der Waals surface area (Å²) in [6, 6.07) is 6.51. The van der Waals surface area contributed by atoms with Crippen LogP contribution < -0.4 is 20.7 Å². The molecule has 3 N–H and O–H groups in total. The number of carbonyl (C=O) groups excluding carboxylic acids is 1. The number of carbonyl (C=O) groups is 1. The molecule has 0 heterocycles. The predicted octanol–water partition coefficient (Wildman–Crippen LogP) is 3.10. The van der Waals surface area contributed by atoms with E-state index in [1.807, 2.05) is 0 Å². The van der Waals surface area contributed by atoms with Gasteiger partial charge in [0.25, 0.3) is 0 Å². The first kappa shape index (κ1) is 25.2. The minimum atomic E-state index is -2.88. The second-order valence-corrected chi connectivity index (χ2v) is 6.27. The lowest BCUT2D eigenvalue weighted by molar-refractivity contribution is -0.0504. The predicted molar refractivity (Wildman–Crippen MR) is 111 cm³/mol. The molecule has 0 aromatic heterocycles. The number of benzene rings is 1. The Hall–Kier alpha value is -1.85. The number of para-hydroxylation sites is 1. The number of aliphatic imine (C=N–C) groups is 1. The monoisotopic (exact) mass is 500 g/mol. The van der Waals surface area contributed by atoms with E-state index in [0.717, 1.165) is 0 Å². The molecule has 7 nitrogen and oxygen atoms in total. The molecule has 1 amide bonds. The average Bonchev–Trinajstić information content (AvgIpc) is 2.53. The second-order valence-electron chi connectivity index (χ2n) is 6.27. The van der Waals surface area contributed by atoms with Crippen LogP contribution in [0.15, 0.2) is 29.3 Å². The van der Waals surface area contributed by atoms with Gasteiger partial charge in [-0.3, -0.25) is 4.99 Å². The lowest BCUT2D eigenvalue weighted by Crippen LogP contribution is -2.42.